The molecule has 0 unspecified atom stereocenters. The van der Waals surface area contributed by atoms with Crippen LogP contribution in [0.2, 0.25) is 0 Å². The third-order valence-corrected chi connectivity index (χ3v) is 4.85. The number of amides is 1. The molecule has 5 nitrogen and oxygen atoms in total. The molecule has 2 atom stereocenters. The normalized spacial score (nSPS) is 20.4. The largest absolute Gasteiger partial charge is 0.366 e. The van der Waals surface area contributed by atoms with Gasteiger partial charge in [0.25, 0.3) is 5.91 Å². The van der Waals surface area contributed by atoms with E-state index in [2.05, 4.69) is 10.4 Å². The molecule has 1 aromatic heterocycles. The fourth-order valence-corrected chi connectivity index (χ4v) is 3.47. The Kier molecular flexibility index (Phi) is 4.16. The highest BCUT2D eigenvalue weighted by Crippen LogP contribution is 2.29. The molecule has 7 heteroatoms. The Bertz CT molecular complexity index is 985. The minimum atomic E-state index is -1.05. The molecular formula is C19H18F2N4O. The fraction of sp³-hybridized carbons (Fsp3) is 0.263. The average Bonchev–Trinajstić information content (AvgIpc) is 3.06. The highest BCUT2D eigenvalue weighted by atomic mass is 19.1. The van der Waals surface area contributed by atoms with Crippen LogP contribution in [-0.2, 0) is 0 Å². The minimum absolute atomic E-state index is 0.312. The summed E-state index contributed by atoms with van der Waals surface area (Å²) < 4.78 is 30.3. The summed E-state index contributed by atoms with van der Waals surface area (Å²) in [6.07, 6.45) is 1.03. The Morgan fingerprint density at radius 3 is 2.88 bits per heavy atom. The van der Waals surface area contributed by atoms with Crippen LogP contribution in [-0.4, -0.2) is 34.9 Å². The number of hydrogen-bond donors (Lipinski definition) is 2. The molecule has 0 spiro atoms. The lowest BCUT2D eigenvalue weighted by atomic mass is 9.89. The number of nitrogens with zero attached hydrogens (tertiary/aromatic N) is 2. The Morgan fingerprint density at radius 1 is 1.31 bits per heavy atom. The summed E-state index contributed by atoms with van der Waals surface area (Å²) in [5, 5.41) is 8.20. The van der Waals surface area contributed by atoms with Gasteiger partial charge in [-0.1, -0.05) is 18.2 Å². The summed E-state index contributed by atoms with van der Waals surface area (Å²) in [6.45, 7) is 1.03. The van der Waals surface area contributed by atoms with Gasteiger partial charge in [0, 0.05) is 24.0 Å². The molecule has 1 saturated heterocycles. The Morgan fingerprint density at radius 2 is 2.15 bits per heavy atom. The molecule has 26 heavy (non-hydrogen) atoms. The highest BCUT2D eigenvalue weighted by Gasteiger charge is 2.28. The first-order valence-electron chi connectivity index (χ1n) is 8.47. The van der Waals surface area contributed by atoms with Crippen molar-refractivity contribution in [1.29, 1.82) is 0 Å². The standard InChI is InChI=1S/C19H18F2N4O/c20-16-6-7-23-9-15(16)13-5-4-12(8-17(13)21)25-10-11-2-1-3-14(19(22)26)18(11)24-25/h1-5,8,10,15-16,23H,6-7,9H2,(H2,22,26)/t15-,16-/m0/s1. The first-order chi connectivity index (χ1) is 12.5. The number of aromatic nitrogens is 2. The number of nitrogens with two attached hydrogens (primary N) is 1. The van der Waals surface area contributed by atoms with Crippen LogP contribution in [0.15, 0.2) is 42.6 Å². The quantitative estimate of drug-likeness (QED) is 0.758. The van der Waals surface area contributed by atoms with E-state index in [1.54, 1.807) is 36.5 Å². The van der Waals surface area contributed by atoms with Crippen molar-refractivity contribution in [2.75, 3.05) is 13.1 Å². The molecule has 1 amide bonds. The zero-order valence-electron chi connectivity index (χ0n) is 14.0. The van der Waals surface area contributed by atoms with Crippen molar-refractivity contribution in [2.45, 2.75) is 18.5 Å². The maximum atomic E-state index is 14.6. The third kappa shape index (κ3) is 2.84. The molecule has 1 aliphatic rings. The average molecular weight is 356 g/mol. The van der Waals surface area contributed by atoms with E-state index in [1.807, 2.05) is 0 Å². The molecule has 0 saturated carbocycles. The van der Waals surface area contributed by atoms with E-state index in [4.69, 9.17) is 5.73 Å². The van der Waals surface area contributed by atoms with Crippen LogP contribution < -0.4 is 11.1 Å². The van der Waals surface area contributed by atoms with Gasteiger partial charge < -0.3 is 11.1 Å². The molecule has 3 N–H and O–H groups in total. The zero-order chi connectivity index (χ0) is 18.3. The predicted octanol–water partition coefficient (Wildman–Crippen LogP) is 2.68. The van der Waals surface area contributed by atoms with Crippen molar-refractivity contribution >= 4 is 16.8 Å². The van der Waals surface area contributed by atoms with Crippen LogP contribution in [0.4, 0.5) is 8.78 Å². The lowest BCUT2D eigenvalue weighted by Gasteiger charge is -2.27. The second-order valence-electron chi connectivity index (χ2n) is 6.50. The van der Waals surface area contributed by atoms with Crippen LogP contribution in [0.25, 0.3) is 16.6 Å². The topological polar surface area (TPSA) is 72.9 Å². The van der Waals surface area contributed by atoms with Gasteiger partial charge in [-0.25, -0.2) is 13.5 Å². The van der Waals surface area contributed by atoms with Crippen molar-refractivity contribution < 1.29 is 13.6 Å². The first-order valence-corrected chi connectivity index (χ1v) is 8.47. The number of piperidine rings is 1. The van der Waals surface area contributed by atoms with E-state index < -0.39 is 23.8 Å². The van der Waals surface area contributed by atoms with Gasteiger partial charge in [-0.2, -0.15) is 5.10 Å². The predicted molar refractivity (Wildman–Crippen MR) is 94.7 cm³/mol. The molecule has 3 aromatic rings. The van der Waals surface area contributed by atoms with Gasteiger partial charge in [-0.15, -0.1) is 0 Å². The number of alkyl halides is 1. The van der Waals surface area contributed by atoms with Gasteiger partial charge in [0.2, 0.25) is 0 Å². The third-order valence-electron chi connectivity index (χ3n) is 4.85. The maximum Gasteiger partial charge on any atom is 0.250 e. The van der Waals surface area contributed by atoms with E-state index in [-0.39, 0.29) is 0 Å². The van der Waals surface area contributed by atoms with Gasteiger partial charge in [-0.05, 0) is 36.7 Å². The molecule has 0 radical (unpaired) electrons. The van der Waals surface area contributed by atoms with Crippen LogP contribution in [0.1, 0.15) is 28.3 Å². The van der Waals surface area contributed by atoms with Crippen LogP contribution >= 0.6 is 0 Å². The number of primary amides is 1. The number of hydrogen-bond acceptors (Lipinski definition) is 3. The zero-order valence-corrected chi connectivity index (χ0v) is 14.0. The fourth-order valence-electron chi connectivity index (χ4n) is 3.47. The number of fused-ring (bicyclic) bond motifs is 1. The van der Waals surface area contributed by atoms with E-state index in [9.17, 15) is 13.6 Å². The summed E-state index contributed by atoms with van der Waals surface area (Å²) in [7, 11) is 0. The molecule has 134 valence electrons. The number of carbonyl (C=O) groups excluding carboxylic acids is 1. The van der Waals surface area contributed by atoms with Crippen molar-refractivity contribution in [1.82, 2.24) is 15.1 Å². The summed E-state index contributed by atoms with van der Waals surface area (Å²) in [5.74, 6) is -1.52. The molecule has 1 aliphatic heterocycles. The molecule has 0 bridgehead atoms. The molecule has 4 rings (SSSR count). The maximum absolute atomic E-state index is 14.6. The molecule has 0 aliphatic carbocycles. The van der Waals surface area contributed by atoms with Gasteiger partial charge in [-0.3, -0.25) is 4.79 Å². The van der Waals surface area contributed by atoms with Crippen molar-refractivity contribution in [3.05, 3.63) is 59.5 Å². The van der Waals surface area contributed by atoms with Crippen LogP contribution in [0.5, 0.6) is 0 Å². The Balaban J connectivity index is 1.73. The second kappa shape index (κ2) is 6.49. The van der Waals surface area contributed by atoms with Crippen molar-refractivity contribution in [3.8, 4) is 5.69 Å². The molecule has 2 heterocycles. The monoisotopic (exact) mass is 356 g/mol. The number of rotatable bonds is 3. The van der Waals surface area contributed by atoms with Gasteiger partial charge in [0.15, 0.2) is 0 Å². The number of nitrogens with one attached hydrogen (secondary N) is 1. The van der Waals surface area contributed by atoms with E-state index in [0.29, 0.717) is 41.8 Å². The van der Waals surface area contributed by atoms with Gasteiger partial charge in [0.1, 0.15) is 17.5 Å². The molecular weight excluding hydrogens is 338 g/mol. The van der Waals surface area contributed by atoms with E-state index in [1.165, 1.54) is 10.7 Å². The van der Waals surface area contributed by atoms with Crippen LogP contribution in [0.3, 0.4) is 0 Å². The Hall–Kier alpha value is -2.80. The van der Waals surface area contributed by atoms with Crippen molar-refractivity contribution in [3.63, 3.8) is 0 Å². The van der Waals surface area contributed by atoms with Gasteiger partial charge >= 0.3 is 0 Å². The van der Waals surface area contributed by atoms with Crippen molar-refractivity contribution in [2.24, 2.45) is 5.73 Å². The lowest BCUT2D eigenvalue weighted by molar-refractivity contribution is 0.100. The SMILES string of the molecule is NC(=O)c1cccc2cn(-c3ccc([C@@H]4CNCC[C@@H]4F)c(F)c3)nc12. The minimum Gasteiger partial charge on any atom is -0.366 e. The summed E-state index contributed by atoms with van der Waals surface area (Å²) in [6, 6.07) is 9.77. The Labute approximate surface area is 148 Å². The van der Waals surface area contributed by atoms with Gasteiger partial charge in [0.05, 0.1) is 11.3 Å². The highest BCUT2D eigenvalue weighted by molar-refractivity contribution is 6.04. The molecule has 1 fully saturated rings. The second-order valence-corrected chi connectivity index (χ2v) is 6.50. The van der Waals surface area contributed by atoms with Crippen LogP contribution in [0, 0.1) is 5.82 Å². The lowest BCUT2D eigenvalue weighted by Crippen LogP contribution is -2.36. The summed E-state index contributed by atoms with van der Waals surface area (Å²) >= 11 is 0. The number of carbonyl (C=O) groups is 1. The first kappa shape index (κ1) is 16.7. The summed E-state index contributed by atoms with van der Waals surface area (Å²) in [5.41, 5.74) is 7.01. The molecule has 2 aromatic carbocycles. The number of halogens is 2. The van der Waals surface area contributed by atoms with E-state index >= 15 is 0 Å². The van der Waals surface area contributed by atoms with E-state index in [0.717, 1.165) is 5.39 Å². The summed E-state index contributed by atoms with van der Waals surface area (Å²) in [4.78, 5) is 11.5. The number of benzene rings is 2. The smallest absolute Gasteiger partial charge is 0.250 e.